The van der Waals surface area contributed by atoms with Crippen molar-refractivity contribution in [2.24, 2.45) is 5.92 Å². The first-order valence-electron chi connectivity index (χ1n) is 13.0. The van der Waals surface area contributed by atoms with Gasteiger partial charge >= 0.3 is 0 Å². The monoisotopic (exact) mass is 476 g/mol. The summed E-state index contributed by atoms with van der Waals surface area (Å²) < 4.78 is 0. The third kappa shape index (κ3) is 4.35. The molecule has 4 atom stereocenters. The van der Waals surface area contributed by atoms with E-state index >= 15 is 0 Å². The number of H-pyrrole nitrogens is 1. The molecule has 2 fully saturated rings. The van der Waals surface area contributed by atoms with Crippen LogP contribution in [0.5, 0.6) is 0 Å². The molecule has 6 rings (SSSR count). The zero-order valence-electron chi connectivity index (χ0n) is 20.4. The number of likely N-dealkylation sites (tertiary alicyclic amines) is 1. The zero-order chi connectivity index (χ0) is 24.3. The molecule has 5 heteroatoms. The number of aromatic amines is 1. The number of aromatic nitrogens is 2. The standard InChI is InChI=1S/C31H32N4O/c36-31(29-21-32-20-28(29)27-14-8-7-13-26(27)25-18-33-34-19-25)35-16-15-24(22-9-3-1-4-10-22)17-30(35)23-11-5-2-6-12-23/h1-14,18-19,24,28-30,32H,15-17,20-21H2,(H,33,34)/t24-,28-,29+,30+/m0/s1. The highest BCUT2D eigenvalue weighted by molar-refractivity contribution is 5.82. The summed E-state index contributed by atoms with van der Waals surface area (Å²) in [6.07, 6.45) is 5.74. The number of benzene rings is 3. The second kappa shape index (κ2) is 10.1. The van der Waals surface area contributed by atoms with E-state index in [9.17, 15) is 4.79 Å². The Morgan fingerprint density at radius 1 is 0.861 bits per heavy atom. The number of carbonyl (C=O) groups excluding carboxylic acids is 1. The number of amides is 1. The maximum Gasteiger partial charge on any atom is 0.228 e. The van der Waals surface area contributed by atoms with E-state index in [1.165, 1.54) is 16.7 Å². The lowest BCUT2D eigenvalue weighted by Crippen LogP contribution is -2.45. The number of nitrogens with zero attached hydrogens (tertiary/aromatic N) is 2. The van der Waals surface area contributed by atoms with E-state index in [1.807, 2.05) is 12.4 Å². The summed E-state index contributed by atoms with van der Waals surface area (Å²) in [5.74, 6) is 0.775. The minimum absolute atomic E-state index is 0.0856. The Balaban J connectivity index is 1.30. The van der Waals surface area contributed by atoms with Crippen LogP contribution in [0.3, 0.4) is 0 Å². The summed E-state index contributed by atoms with van der Waals surface area (Å²) in [7, 11) is 0. The van der Waals surface area contributed by atoms with Crippen molar-refractivity contribution >= 4 is 5.91 Å². The maximum absolute atomic E-state index is 14.3. The predicted molar refractivity (Wildman–Crippen MR) is 142 cm³/mol. The first-order valence-corrected chi connectivity index (χ1v) is 13.0. The normalized spacial score (nSPS) is 24.1. The molecule has 3 heterocycles. The molecule has 0 saturated carbocycles. The molecule has 36 heavy (non-hydrogen) atoms. The summed E-state index contributed by atoms with van der Waals surface area (Å²) in [4.78, 5) is 16.5. The zero-order valence-corrected chi connectivity index (χ0v) is 20.4. The highest BCUT2D eigenvalue weighted by atomic mass is 16.2. The molecule has 1 amide bonds. The van der Waals surface area contributed by atoms with Crippen LogP contribution in [0.4, 0.5) is 0 Å². The Morgan fingerprint density at radius 2 is 1.58 bits per heavy atom. The van der Waals surface area contributed by atoms with Gasteiger partial charge in [0.05, 0.1) is 18.2 Å². The van der Waals surface area contributed by atoms with Gasteiger partial charge in [0, 0.05) is 37.3 Å². The van der Waals surface area contributed by atoms with Crippen LogP contribution in [0.2, 0.25) is 0 Å². The quantitative estimate of drug-likeness (QED) is 0.398. The lowest BCUT2D eigenvalue weighted by molar-refractivity contribution is -0.139. The summed E-state index contributed by atoms with van der Waals surface area (Å²) in [5.41, 5.74) is 6.04. The van der Waals surface area contributed by atoms with E-state index in [4.69, 9.17) is 0 Å². The smallest absolute Gasteiger partial charge is 0.228 e. The molecule has 4 aromatic rings. The van der Waals surface area contributed by atoms with Crippen molar-refractivity contribution in [1.82, 2.24) is 20.4 Å². The molecule has 2 N–H and O–H groups in total. The highest BCUT2D eigenvalue weighted by Crippen LogP contribution is 2.42. The molecule has 0 bridgehead atoms. The fourth-order valence-electron chi connectivity index (χ4n) is 6.21. The molecule has 0 unspecified atom stereocenters. The molecule has 182 valence electrons. The van der Waals surface area contributed by atoms with Gasteiger partial charge in [-0.3, -0.25) is 9.89 Å². The molecule has 2 aliphatic heterocycles. The molecule has 3 aromatic carbocycles. The van der Waals surface area contributed by atoms with Gasteiger partial charge in [0.2, 0.25) is 5.91 Å². The van der Waals surface area contributed by atoms with Crippen molar-refractivity contribution in [3.05, 3.63) is 114 Å². The van der Waals surface area contributed by atoms with Crippen LogP contribution < -0.4 is 5.32 Å². The van der Waals surface area contributed by atoms with Crippen LogP contribution in [0.25, 0.3) is 11.1 Å². The van der Waals surface area contributed by atoms with Gasteiger partial charge in [0.1, 0.15) is 0 Å². The van der Waals surface area contributed by atoms with Crippen molar-refractivity contribution < 1.29 is 4.79 Å². The Hall–Kier alpha value is -3.70. The lowest BCUT2D eigenvalue weighted by atomic mass is 9.80. The molecule has 1 aromatic heterocycles. The second-order valence-electron chi connectivity index (χ2n) is 10.0. The number of carbonyl (C=O) groups is 1. The summed E-state index contributed by atoms with van der Waals surface area (Å²) >= 11 is 0. The number of hydrogen-bond donors (Lipinski definition) is 2. The lowest BCUT2D eigenvalue weighted by Gasteiger charge is -2.42. The molecule has 0 spiro atoms. The number of nitrogens with one attached hydrogen (secondary N) is 2. The Labute approximate surface area is 212 Å². The van der Waals surface area contributed by atoms with Gasteiger partial charge in [-0.25, -0.2) is 0 Å². The third-order valence-electron chi connectivity index (χ3n) is 8.04. The fourth-order valence-corrected chi connectivity index (χ4v) is 6.21. The van der Waals surface area contributed by atoms with E-state index in [2.05, 4.69) is 105 Å². The van der Waals surface area contributed by atoms with E-state index in [1.54, 1.807) is 0 Å². The summed E-state index contributed by atoms with van der Waals surface area (Å²) in [6, 6.07) is 29.9. The van der Waals surface area contributed by atoms with Crippen molar-refractivity contribution in [1.29, 1.82) is 0 Å². The van der Waals surface area contributed by atoms with E-state index in [0.717, 1.165) is 37.1 Å². The Kier molecular flexibility index (Phi) is 6.39. The Morgan fingerprint density at radius 3 is 2.33 bits per heavy atom. The minimum atomic E-state index is -0.0856. The first kappa shape index (κ1) is 22.7. The molecule has 0 radical (unpaired) electrons. The first-order chi connectivity index (χ1) is 17.8. The van der Waals surface area contributed by atoms with E-state index in [-0.39, 0.29) is 23.8 Å². The van der Waals surface area contributed by atoms with Crippen LogP contribution in [-0.4, -0.2) is 40.6 Å². The van der Waals surface area contributed by atoms with Gasteiger partial charge in [0.15, 0.2) is 0 Å². The molecule has 0 aliphatic carbocycles. The minimum Gasteiger partial charge on any atom is -0.335 e. The molecular weight excluding hydrogens is 444 g/mol. The van der Waals surface area contributed by atoms with Crippen molar-refractivity contribution in [2.45, 2.75) is 30.7 Å². The van der Waals surface area contributed by atoms with E-state index in [0.29, 0.717) is 12.5 Å². The topological polar surface area (TPSA) is 61.0 Å². The molecule has 2 aliphatic rings. The van der Waals surface area contributed by atoms with Crippen molar-refractivity contribution in [2.75, 3.05) is 19.6 Å². The van der Waals surface area contributed by atoms with Gasteiger partial charge in [-0.1, -0.05) is 84.9 Å². The van der Waals surface area contributed by atoms with Crippen LogP contribution >= 0.6 is 0 Å². The van der Waals surface area contributed by atoms with E-state index < -0.39 is 0 Å². The van der Waals surface area contributed by atoms with Crippen LogP contribution in [0, 0.1) is 5.92 Å². The largest absolute Gasteiger partial charge is 0.335 e. The van der Waals surface area contributed by atoms with Crippen LogP contribution in [-0.2, 0) is 4.79 Å². The van der Waals surface area contributed by atoms with Crippen molar-refractivity contribution in [3.8, 4) is 11.1 Å². The van der Waals surface area contributed by atoms with Crippen LogP contribution in [0.15, 0.2) is 97.3 Å². The van der Waals surface area contributed by atoms with Crippen molar-refractivity contribution in [3.63, 3.8) is 0 Å². The number of hydrogen-bond acceptors (Lipinski definition) is 3. The SMILES string of the molecule is O=C([C@@H]1CNC[C@H]1c1ccccc1-c1cn[nH]c1)N1CC[C@H](c2ccccc2)C[C@@H]1c1ccccc1. The third-order valence-corrected chi connectivity index (χ3v) is 8.04. The summed E-state index contributed by atoms with van der Waals surface area (Å²) in [6.45, 7) is 2.30. The van der Waals surface area contributed by atoms with Gasteiger partial charge < -0.3 is 10.2 Å². The fraction of sp³-hybridized carbons (Fsp3) is 0.290. The molecule has 5 nitrogen and oxygen atoms in total. The molecule has 2 saturated heterocycles. The van der Waals surface area contributed by atoms with Gasteiger partial charge in [0.25, 0.3) is 0 Å². The highest BCUT2D eigenvalue weighted by Gasteiger charge is 2.41. The predicted octanol–water partition coefficient (Wildman–Crippen LogP) is 5.53. The molecular formula is C31H32N4O. The maximum atomic E-state index is 14.3. The van der Waals surface area contributed by atoms with Crippen LogP contribution in [0.1, 0.15) is 47.4 Å². The Bertz CT molecular complexity index is 1290. The van der Waals surface area contributed by atoms with Gasteiger partial charge in [-0.2, -0.15) is 5.10 Å². The second-order valence-corrected chi connectivity index (χ2v) is 10.0. The summed E-state index contributed by atoms with van der Waals surface area (Å²) in [5, 5.41) is 10.6. The average molecular weight is 477 g/mol. The average Bonchev–Trinajstić information content (AvgIpc) is 3.66. The number of piperidine rings is 1. The van der Waals surface area contributed by atoms with Gasteiger partial charge in [-0.05, 0) is 41.0 Å². The number of rotatable bonds is 5. The van der Waals surface area contributed by atoms with Gasteiger partial charge in [-0.15, -0.1) is 0 Å².